The third-order valence-electron chi connectivity index (χ3n) is 3.65. The number of aromatic carboxylic acids is 1. The van der Waals surface area contributed by atoms with E-state index in [4.69, 9.17) is 4.74 Å². The third-order valence-corrected chi connectivity index (χ3v) is 3.65. The highest BCUT2D eigenvalue weighted by atomic mass is 16.5. The standard InChI is InChI=1S/C16H21N3O3/c1-4-10-8-11(5-2)13(16(20)21)9-12(10)15-17-14(18-19-15)6-7-22-3/h8-9H,4-7H2,1-3H3,(H,20,21)(H,17,18,19). The van der Waals surface area contributed by atoms with Crippen LogP contribution in [-0.2, 0) is 24.0 Å². The summed E-state index contributed by atoms with van der Waals surface area (Å²) >= 11 is 0. The molecule has 0 aliphatic heterocycles. The molecule has 0 atom stereocenters. The minimum Gasteiger partial charge on any atom is -0.478 e. The molecule has 22 heavy (non-hydrogen) atoms. The molecular weight excluding hydrogens is 282 g/mol. The summed E-state index contributed by atoms with van der Waals surface area (Å²) in [6, 6.07) is 3.65. The normalized spacial score (nSPS) is 10.9. The van der Waals surface area contributed by atoms with Crippen molar-refractivity contribution in [3.8, 4) is 11.4 Å². The number of carboxylic acid groups (broad SMARTS) is 1. The molecule has 2 aromatic rings. The number of ether oxygens (including phenoxy) is 1. The molecule has 2 rings (SSSR count). The molecular formula is C16H21N3O3. The Kier molecular flexibility index (Phi) is 5.27. The SMILES string of the molecule is CCc1cc(CC)c(-c2nnc(CCOC)[nH]2)cc1C(=O)O. The monoisotopic (exact) mass is 303 g/mol. The molecule has 0 unspecified atom stereocenters. The number of nitrogens with one attached hydrogen (secondary N) is 1. The summed E-state index contributed by atoms with van der Waals surface area (Å²) in [7, 11) is 1.63. The van der Waals surface area contributed by atoms with Crippen LogP contribution in [0, 0.1) is 0 Å². The van der Waals surface area contributed by atoms with Gasteiger partial charge in [0.1, 0.15) is 5.82 Å². The maximum atomic E-state index is 11.4. The zero-order valence-corrected chi connectivity index (χ0v) is 13.1. The molecule has 0 saturated heterocycles. The maximum Gasteiger partial charge on any atom is 0.335 e. The van der Waals surface area contributed by atoms with Crippen LogP contribution in [0.3, 0.4) is 0 Å². The molecule has 0 aliphatic rings. The van der Waals surface area contributed by atoms with E-state index < -0.39 is 5.97 Å². The number of benzene rings is 1. The molecule has 0 bridgehead atoms. The molecule has 0 spiro atoms. The minimum absolute atomic E-state index is 0.324. The zero-order chi connectivity index (χ0) is 16.1. The second kappa shape index (κ2) is 7.17. The van der Waals surface area contributed by atoms with Crippen LogP contribution < -0.4 is 0 Å². The summed E-state index contributed by atoms with van der Waals surface area (Å²) in [5.41, 5.74) is 3.03. The molecule has 6 heteroatoms. The van der Waals surface area contributed by atoms with Crippen LogP contribution in [-0.4, -0.2) is 40.0 Å². The molecule has 0 saturated carbocycles. The highest BCUT2D eigenvalue weighted by molar-refractivity contribution is 5.91. The van der Waals surface area contributed by atoms with Crippen LogP contribution >= 0.6 is 0 Å². The fraction of sp³-hybridized carbons (Fsp3) is 0.438. The van der Waals surface area contributed by atoms with Crippen molar-refractivity contribution in [2.75, 3.05) is 13.7 Å². The Morgan fingerprint density at radius 3 is 2.55 bits per heavy atom. The van der Waals surface area contributed by atoms with Gasteiger partial charge in [-0.1, -0.05) is 19.9 Å². The first-order chi connectivity index (χ1) is 10.6. The van der Waals surface area contributed by atoms with Gasteiger partial charge in [0.25, 0.3) is 0 Å². The molecule has 118 valence electrons. The maximum absolute atomic E-state index is 11.4. The fourth-order valence-corrected chi connectivity index (χ4v) is 2.43. The lowest BCUT2D eigenvalue weighted by Crippen LogP contribution is -2.05. The number of aryl methyl sites for hydroxylation is 2. The van der Waals surface area contributed by atoms with E-state index in [0.29, 0.717) is 30.8 Å². The van der Waals surface area contributed by atoms with Crippen molar-refractivity contribution in [1.29, 1.82) is 0 Å². The first-order valence-corrected chi connectivity index (χ1v) is 7.40. The second-order valence-corrected chi connectivity index (χ2v) is 5.04. The summed E-state index contributed by atoms with van der Waals surface area (Å²) in [5, 5.41) is 17.6. The number of hydrogen-bond donors (Lipinski definition) is 2. The average molecular weight is 303 g/mol. The molecule has 0 radical (unpaired) electrons. The van der Waals surface area contributed by atoms with Crippen molar-refractivity contribution >= 4 is 5.97 Å². The predicted octanol–water partition coefficient (Wildman–Crippen LogP) is 2.48. The molecule has 2 N–H and O–H groups in total. The molecule has 1 heterocycles. The topological polar surface area (TPSA) is 88.1 Å². The number of hydrogen-bond acceptors (Lipinski definition) is 4. The van der Waals surface area contributed by atoms with Crippen LogP contribution in [0.15, 0.2) is 12.1 Å². The predicted molar refractivity (Wildman–Crippen MR) is 83.1 cm³/mol. The third kappa shape index (κ3) is 3.33. The van der Waals surface area contributed by atoms with E-state index in [1.165, 1.54) is 0 Å². The number of rotatable bonds is 7. The number of aromatic amines is 1. The number of H-pyrrole nitrogens is 1. The molecule has 0 amide bonds. The van der Waals surface area contributed by atoms with Gasteiger partial charge in [-0.25, -0.2) is 4.79 Å². The van der Waals surface area contributed by atoms with E-state index in [0.717, 1.165) is 28.9 Å². The van der Waals surface area contributed by atoms with Gasteiger partial charge in [-0.3, -0.25) is 0 Å². The van der Waals surface area contributed by atoms with Crippen molar-refractivity contribution < 1.29 is 14.6 Å². The molecule has 0 fully saturated rings. The minimum atomic E-state index is -0.917. The van der Waals surface area contributed by atoms with E-state index >= 15 is 0 Å². The summed E-state index contributed by atoms with van der Waals surface area (Å²) in [6.45, 7) is 4.56. The summed E-state index contributed by atoms with van der Waals surface area (Å²) in [4.78, 5) is 14.6. The van der Waals surface area contributed by atoms with Crippen LogP contribution in [0.4, 0.5) is 0 Å². The Labute approximate surface area is 129 Å². The van der Waals surface area contributed by atoms with Crippen molar-refractivity contribution in [3.63, 3.8) is 0 Å². The molecule has 1 aromatic carbocycles. The van der Waals surface area contributed by atoms with Gasteiger partial charge >= 0.3 is 5.97 Å². The average Bonchev–Trinajstić information content (AvgIpc) is 3.00. The smallest absolute Gasteiger partial charge is 0.335 e. The van der Waals surface area contributed by atoms with Gasteiger partial charge in [0.2, 0.25) is 0 Å². The van der Waals surface area contributed by atoms with E-state index in [9.17, 15) is 9.90 Å². The van der Waals surface area contributed by atoms with Crippen LogP contribution in [0.2, 0.25) is 0 Å². The van der Waals surface area contributed by atoms with Crippen molar-refractivity contribution in [2.24, 2.45) is 0 Å². The summed E-state index contributed by atoms with van der Waals surface area (Å²) < 4.78 is 5.02. The van der Waals surface area contributed by atoms with Crippen molar-refractivity contribution in [3.05, 3.63) is 34.6 Å². The van der Waals surface area contributed by atoms with Gasteiger partial charge < -0.3 is 14.8 Å². The molecule has 0 aliphatic carbocycles. The first-order valence-electron chi connectivity index (χ1n) is 7.40. The number of aromatic nitrogens is 3. The van der Waals surface area contributed by atoms with E-state index in [1.807, 2.05) is 19.9 Å². The number of nitrogens with zero attached hydrogens (tertiary/aromatic N) is 2. The highest BCUT2D eigenvalue weighted by Crippen LogP contribution is 2.26. The van der Waals surface area contributed by atoms with E-state index in [1.54, 1.807) is 13.2 Å². The molecule has 1 aromatic heterocycles. The van der Waals surface area contributed by atoms with Gasteiger partial charge in [0.15, 0.2) is 5.82 Å². The van der Waals surface area contributed by atoms with Gasteiger partial charge in [0, 0.05) is 19.1 Å². The number of methoxy groups -OCH3 is 1. The Balaban J connectivity index is 2.46. The zero-order valence-electron chi connectivity index (χ0n) is 13.1. The largest absolute Gasteiger partial charge is 0.478 e. The van der Waals surface area contributed by atoms with Gasteiger partial charge in [-0.15, -0.1) is 10.2 Å². The van der Waals surface area contributed by atoms with Crippen LogP contribution in [0.1, 0.15) is 41.2 Å². The summed E-state index contributed by atoms with van der Waals surface area (Å²) in [5.74, 6) is 0.420. The van der Waals surface area contributed by atoms with Gasteiger partial charge in [-0.2, -0.15) is 0 Å². The second-order valence-electron chi connectivity index (χ2n) is 5.04. The lowest BCUT2D eigenvalue weighted by Gasteiger charge is -2.11. The number of carbonyl (C=O) groups is 1. The lowest BCUT2D eigenvalue weighted by atomic mass is 9.95. The first kappa shape index (κ1) is 16.2. The Hall–Kier alpha value is -2.21. The Morgan fingerprint density at radius 2 is 1.95 bits per heavy atom. The van der Waals surface area contributed by atoms with Gasteiger partial charge in [-0.05, 0) is 30.0 Å². The molecule has 6 nitrogen and oxygen atoms in total. The van der Waals surface area contributed by atoms with Crippen molar-refractivity contribution in [2.45, 2.75) is 33.1 Å². The van der Waals surface area contributed by atoms with Crippen LogP contribution in [0.5, 0.6) is 0 Å². The lowest BCUT2D eigenvalue weighted by molar-refractivity contribution is 0.0696. The Bertz CT molecular complexity index is 665. The number of carboxylic acids is 1. The van der Waals surface area contributed by atoms with Crippen molar-refractivity contribution in [1.82, 2.24) is 15.2 Å². The van der Waals surface area contributed by atoms with E-state index in [-0.39, 0.29) is 0 Å². The van der Waals surface area contributed by atoms with Crippen LogP contribution in [0.25, 0.3) is 11.4 Å². The quantitative estimate of drug-likeness (QED) is 0.820. The van der Waals surface area contributed by atoms with Gasteiger partial charge in [0.05, 0.1) is 12.2 Å². The Morgan fingerprint density at radius 1 is 1.23 bits per heavy atom. The fourth-order valence-electron chi connectivity index (χ4n) is 2.43. The highest BCUT2D eigenvalue weighted by Gasteiger charge is 2.16. The summed E-state index contributed by atoms with van der Waals surface area (Å²) in [6.07, 6.45) is 2.13. The van der Waals surface area contributed by atoms with E-state index in [2.05, 4.69) is 15.2 Å².